The Balaban J connectivity index is 1.72. The highest BCUT2D eigenvalue weighted by Crippen LogP contribution is 2.25. The maximum Gasteiger partial charge on any atom is 0.308 e. The van der Waals surface area contributed by atoms with Gasteiger partial charge in [0, 0.05) is 18.0 Å². The maximum absolute atomic E-state index is 12.9. The van der Waals surface area contributed by atoms with Crippen LogP contribution in [0, 0.1) is 0 Å². The second-order valence-corrected chi connectivity index (χ2v) is 7.24. The van der Waals surface area contributed by atoms with Crippen molar-refractivity contribution in [2.45, 2.75) is 19.4 Å². The van der Waals surface area contributed by atoms with E-state index in [1.54, 1.807) is 37.5 Å². The summed E-state index contributed by atoms with van der Waals surface area (Å²) in [5, 5.41) is 6.93. The number of nitrogens with two attached hydrogens (primary N) is 1. The summed E-state index contributed by atoms with van der Waals surface area (Å²) in [6, 6.07) is 13.6. The van der Waals surface area contributed by atoms with Gasteiger partial charge in [-0.15, -0.1) is 0 Å². The molecule has 34 heavy (non-hydrogen) atoms. The molecule has 0 aliphatic rings. The molecule has 3 rings (SSSR count). The number of ether oxygens (including phenoxy) is 1. The number of hydrazine groups is 1. The number of pyridine rings is 1. The van der Waals surface area contributed by atoms with Crippen LogP contribution in [0.2, 0.25) is 0 Å². The number of esters is 1. The number of rotatable bonds is 10. The van der Waals surface area contributed by atoms with E-state index in [1.807, 2.05) is 30.3 Å². The molecular weight excluding hydrogens is 436 g/mol. The van der Waals surface area contributed by atoms with E-state index in [1.165, 1.54) is 6.34 Å². The van der Waals surface area contributed by atoms with Gasteiger partial charge in [-0.25, -0.2) is 10.8 Å². The second-order valence-electron chi connectivity index (χ2n) is 7.24. The van der Waals surface area contributed by atoms with Crippen LogP contribution in [0.5, 0.6) is 0 Å². The van der Waals surface area contributed by atoms with Crippen molar-refractivity contribution in [3.8, 4) is 0 Å². The maximum atomic E-state index is 12.9. The third kappa shape index (κ3) is 6.59. The number of hydrogen-bond acceptors (Lipinski definition) is 7. The van der Waals surface area contributed by atoms with E-state index >= 15 is 0 Å². The summed E-state index contributed by atoms with van der Waals surface area (Å²) in [5.41, 5.74) is 3.87. The standard InChI is InChI=1S/C24H26N6O4/c1-2-34-23(32)12-21(17-7-5-9-26-13-17)30-22(31)14-27-24(33)20-11-18(28-15-29-25)10-16-6-3-4-8-19(16)20/h3-11,13,15,21H,2,12,14,25H2,1H3,(H,27,33)(H,28,29)(H,30,31). The number of aliphatic imine (C=N–C) groups is 1. The first-order valence-corrected chi connectivity index (χ1v) is 10.7. The number of benzene rings is 2. The van der Waals surface area contributed by atoms with E-state index < -0.39 is 23.8 Å². The Morgan fingerprint density at radius 2 is 2.00 bits per heavy atom. The van der Waals surface area contributed by atoms with Gasteiger partial charge in [-0.3, -0.25) is 19.4 Å². The van der Waals surface area contributed by atoms with E-state index in [-0.39, 0.29) is 19.6 Å². The Morgan fingerprint density at radius 1 is 1.18 bits per heavy atom. The molecule has 2 amide bonds. The molecular formula is C24H26N6O4. The zero-order chi connectivity index (χ0) is 24.3. The largest absolute Gasteiger partial charge is 0.466 e. The number of hydrogen-bond donors (Lipinski definition) is 4. The van der Waals surface area contributed by atoms with Crippen molar-refractivity contribution in [3.05, 3.63) is 72.1 Å². The Morgan fingerprint density at radius 3 is 2.74 bits per heavy atom. The number of amides is 2. The lowest BCUT2D eigenvalue weighted by molar-refractivity contribution is -0.143. The van der Waals surface area contributed by atoms with Gasteiger partial charge >= 0.3 is 5.97 Å². The number of fused-ring (bicyclic) bond motifs is 1. The fourth-order valence-corrected chi connectivity index (χ4v) is 3.39. The molecule has 2 aromatic carbocycles. The molecule has 1 aromatic heterocycles. The molecule has 3 aromatic rings. The Bertz CT molecular complexity index is 1180. The molecule has 0 saturated heterocycles. The zero-order valence-corrected chi connectivity index (χ0v) is 18.7. The third-order valence-corrected chi connectivity index (χ3v) is 4.89. The van der Waals surface area contributed by atoms with Crippen LogP contribution in [0.3, 0.4) is 0 Å². The van der Waals surface area contributed by atoms with Crippen LogP contribution in [0.25, 0.3) is 10.8 Å². The molecule has 0 fully saturated rings. The van der Waals surface area contributed by atoms with Crippen molar-refractivity contribution >= 4 is 40.6 Å². The van der Waals surface area contributed by atoms with Crippen LogP contribution < -0.4 is 21.9 Å². The first-order valence-electron chi connectivity index (χ1n) is 10.7. The summed E-state index contributed by atoms with van der Waals surface area (Å²) >= 11 is 0. The summed E-state index contributed by atoms with van der Waals surface area (Å²) in [6.45, 7) is 1.66. The van der Waals surface area contributed by atoms with E-state index in [0.717, 1.165) is 10.8 Å². The number of aromatic nitrogens is 1. The molecule has 1 unspecified atom stereocenters. The highest BCUT2D eigenvalue weighted by atomic mass is 16.5. The zero-order valence-electron chi connectivity index (χ0n) is 18.7. The summed E-state index contributed by atoms with van der Waals surface area (Å²) in [4.78, 5) is 45.8. The van der Waals surface area contributed by atoms with Gasteiger partial charge in [0.25, 0.3) is 5.91 Å². The number of carbonyl (C=O) groups excluding carboxylic acids is 3. The SMILES string of the molecule is CCOC(=O)CC(NC(=O)CNC(=O)c1cc(N=CNN)cc2ccccc12)c1cccnc1. The van der Waals surface area contributed by atoms with E-state index in [0.29, 0.717) is 16.8 Å². The first kappa shape index (κ1) is 24.3. The number of nitrogens with one attached hydrogen (secondary N) is 3. The number of carbonyl (C=O) groups is 3. The monoisotopic (exact) mass is 462 g/mol. The van der Waals surface area contributed by atoms with Crippen molar-refractivity contribution < 1.29 is 19.1 Å². The molecule has 10 heteroatoms. The molecule has 0 aliphatic carbocycles. The van der Waals surface area contributed by atoms with Gasteiger partial charge in [-0.05, 0) is 41.5 Å². The normalized spacial score (nSPS) is 11.7. The molecule has 10 nitrogen and oxygen atoms in total. The average molecular weight is 463 g/mol. The van der Waals surface area contributed by atoms with E-state index in [4.69, 9.17) is 10.6 Å². The van der Waals surface area contributed by atoms with Crippen LogP contribution in [0.4, 0.5) is 5.69 Å². The number of nitrogens with zero attached hydrogens (tertiary/aromatic N) is 2. The highest BCUT2D eigenvalue weighted by molar-refractivity contribution is 6.09. The Labute approximate surface area is 196 Å². The molecule has 1 atom stereocenters. The summed E-state index contributed by atoms with van der Waals surface area (Å²) in [7, 11) is 0. The van der Waals surface area contributed by atoms with Gasteiger partial charge in [0.15, 0.2) is 0 Å². The minimum atomic E-state index is -0.639. The van der Waals surface area contributed by atoms with Gasteiger partial charge in [0.1, 0.15) is 6.34 Å². The molecule has 0 aliphatic heterocycles. The van der Waals surface area contributed by atoms with Crippen LogP contribution in [-0.2, 0) is 14.3 Å². The van der Waals surface area contributed by atoms with Crippen LogP contribution in [0.15, 0.2) is 65.9 Å². The fourth-order valence-electron chi connectivity index (χ4n) is 3.39. The predicted octanol–water partition coefficient (Wildman–Crippen LogP) is 1.90. The molecule has 0 radical (unpaired) electrons. The summed E-state index contributed by atoms with van der Waals surface area (Å²) in [5.74, 6) is 3.89. The smallest absolute Gasteiger partial charge is 0.308 e. The Kier molecular flexibility index (Phi) is 8.64. The summed E-state index contributed by atoms with van der Waals surface area (Å²) < 4.78 is 5.01. The van der Waals surface area contributed by atoms with Crippen LogP contribution >= 0.6 is 0 Å². The van der Waals surface area contributed by atoms with Gasteiger partial charge in [-0.2, -0.15) is 0 Å². The quantitative estimate of drug-likeness (QED) is 0.118. The Hall–Kier alpha value is -4.31. The van der Waals surface area contributed by atoms with Gasteiger partial charge in [0.2, 0.25) is 5.91 Å². The second kappa shape index (κ2) is 12.1. The van der Waals surface area contributed by atoms with Crippen molar-refractivity contribution in [1.82, 2.24) is 21.0 Å². The fraction of sp³-hybridized carbons (Fsp3) is 0.208. The average Bonchev–Trinajstić information content (AvgIpc) is 2.85. The molecule has 0 bridgehead atoms. The molecule has 176 valence electrons. The van der Waals surface area contributed by atoms with Crippen LogP contribution in [-0.4, -0.2) is 42.3 Å². The van der Waals surface area contributed by atoms with Crippen molar-refractivity contribution in [3.63, 3.8) is 0 Å². The van der Waals surface area contributed by atoms with Gasteiger partial charge in [0.05, 0.1) is 31.3 Å². The van der Waals surface area contributed by atoms with Crippen molar-refractivity contribution in [2.24, 2.45) is 10.8 Å². The van der Waals surface area contributed by atoms with Crippen molar-refractivity contribution in [1.29, 1.82) is 0 Å². The molecule has 5 N–H and O–H groups in total. The lowest BCUT2D eigenvalue weighted by Gasteiger charge is -2.18. The third-order valence-electron chi connectivity index (χ3n) is 4.89. The van der Waals surface area contributed by atoms with Gasteiger partial charge < -0.3 is 20.8 Å². The highest BCUT2D eigenvalue weighted by Gasteiger charge is 2.20. The lowest BCUT2D eigenvalue weighted by Crippen LogP contribution is -2.39. The lowest BCUT2D eigenvalue weighted by atomic mass is 10.0. The van der Waals surface area contributed by atoms with Crippen molar-refractivity contribution in [2.75, 3.05) is 13.2 Å². The predicted molar refractivity (Wildman–Crippen MR) is 128 cm³/mol. The molecule has 0 spiro atoms. The molecule has 0 saturated carbocycles. The topological polar surface area (TPSA) is 148 Å². The minimum Gasteiger partial charge on any atom is -0.466 e. The van der Waals surface area contributed by atoms with E-state index in [2.05, 4.69) is 26.0 Å². The van der Waals surface area contributed by atoms with Gasteiger partial charge in [-0.1, -0.05) is 30.3 Å². The molecule has 1 heterocycles. The summed E-state index contributed by atoms with van der Waals surface area (Å²) in [6.07, 6.45) is 4.41. The van der Waals surface area contributed by atoms with Crippen LogP contribution in [0.1, 0.15) is 35.3 Å². The van der Waals surface area contributed by atoms with E-state index in [9.17, 15) is 14.4 Å². The minimum absolute atomic E-state index is 0.0565. The first-order chi connectivity index (χ1) is 16.5.